The molecule has 1 amide bonds. The molecule has 4 aromatic rings. The number of benzene rings is 3. The van der Waals surface area contributed by atoms with Gasteiger partial charge in [-0.25, -0.2) is 4.99 Å². The zero-order valence-electron chi connectivity index (χ0n) is 19.2. The molecule has 0 radical (unpaired) electrons. The molecule has 0 aliphatic carbocycles. The van der Waals surface area contributed by atoms with Gasteiger partial charge in [-0.3, -0.25) is 9.69 Å². The van der Waals surface area contributed by atoms with E-state index in [2.05, 4.69) is 41.0 Å². The van der Waals surface area contributed by atoms with Gasteiger partial charge in [0.05, 0.1) is 23.2 Å². The van der Waals surface area contributed by atoms with Gasteiger partial charge in [-0.05, 0) is 77.9 Å². The first-order valence-electron chi connectivity index (χ1n) is 11.9. The van der Waals surface area contributed by atoms with Crippen LogP contribution in [0, 0.1) is 0 Å². The predicted octanol–water partition coefficient (Wildman–Crippen LogP) is 6.41. The van der Waals surface area contributed by atoms with Crippen LogP contribution >= 0.6 is 11.8 Å². The normalized spacial score (nSPS) is 20.5. The lowest BCUT2D eigenvalue weighted by Gasteiger charge is -2.19. The smallest absolute Gasteiger partial charge is 0.266 e. The minimum atomic E-state index is -0.0218. The lowest BCUT2D eigenvalue weighted by atomic mass is 10.1. The van der Waals surface area contributed by atoms with Gasteiger partial charge < -0.3 is 9.30 Å². The Morgan fingerprint density at radius 1 is 0.971 bits per heavy atom. The number of fused-ring (bicyclic) bond motifs is 1. The van der Waals surface area contributed by atoms with Crippen LogP contribution in [0.5, 0.6) is 0 Å². The molecule has 174 valence electrons. The number of amidine groups is 1. The summed E-state index contributed by atoms with van der Waals surface area (Å²) < 4.78 is 7.95. The number of hydrogen-bond donors (Lipinski definition) is 0. The van der Waals surface area contributed by atoms with Crippen LogP contribution in [-0.4, -0.2) is 39.8 Å². The number of nitrogens with zero attached hydrogens (tertiary/aromatic N) is 3. The maximum Gasteiger partial charge on any atom is 0.266 e. The Kier molecular flexibility index (Phi) is 5.98. The van der Waals surface area contributed by atoms with Gasteiger partial charge in [0.2, 0.25) is 0 Å². The molecule has 3 heterocycles. The van der Waals surface area contributed by atoms with Crippen molar-refractivity contribution in [2.75, 3.05) is 13.2 Å². The Morgan fingerprint density at radius 2 is 1.80 bits per heavy atom. The van der Waals surface area contributed by atoms with Crippen molar-refractivity contribution in [3.8, 4) is 5.69 Å². The van der Waals surface area contributed by atoms with E-state index in [9.17, 15) is 4.79 Å². The number of para-hydroxylation sites is 1. The molecule has 2 fully saturated rings. The number of thioether (sulfide) groups is 1. The lowest BCUT2D eigenvalue weighted by molar-refractivity contribution is -0.123. The van der Waals surface area contributed by atoms with Crippen LogP contribution in [0.15, 0.2) is 101 Å². The Bertz CT molecular complexity index is 1430. The van der Waals surface area contributed by atoms with Gasteiger partial charge in [0.15, 0.2) is 5.17 Å². The fourth-order valence-corrected chi connectivity index (χ4v) is 5.56. The van der Waals surface area contributed by atoms with Gasteiger partial charge in [0.1, 0.15) is 0 Å². The van der Waals surface area contributed by atoms with E-state index >= 15 is 0 Å². The van der Waals surface area contributed by atoms with E-state index in [0.717, 1.165) is 36.5 Å². The highest BCUT2D eigenvalue weighted by Gasteiger charge is 2.36. The van der Waals surface area contributed by atoms with Gasteiger partial charge in [0.25, 0.3) is 5.91 Å². The molecule has 1 aromatic heterocycles. The topological polar surface area (TPSA) is 46.8 Å². The number of aliphatic imine (C=N–C) groups is 1. The van der Waals surface area contributed by atoms with Crippen LogP contribution in [0.2, 0.25) is 0 Å². The Morgan fingerprint density at radius 3 is 2.63 bits per heavy atom. The molecule has 0 spiro atoms. The summed E-state index contributed by atoms with van der Waals surface area (Å²) in [4.78, 5) is 20.8. The second-order valence-corrected chi connectivity index (χ2v) is 9.73. The minimum absolute atomic E-state index is 0.0218. The third kappa shape index (κ3) is 4.55. The number of rotatable bonds is 5. The molecular formula is C29H25N3O2S. The summed E-state index contributed by atoms with van der Waals surface area (Å²) in [6.45, 7) is 1.29. The van der Waals surface area contributed by atoms with Crippen molar-refractivity contribution in [1.29, 1.82) is 0 Å². The predicted molar refractivity (Wildman–Crippen MR) is 143 cm³/mol. The first-order chi connectivity index (χ1) is 17.2. The van der Waals surface area contributed by atoms with Crippen molar-refractivity contribution in [2.24, 2.45) is 4.99 Å². The van der Waals surface area contributed by atoms with Crippen LogP contribution in [0.25, 0.3) is 22.5 Å². The van der Waals surface area contributed by atoms with Crippen molar-refractivity contribution < 1.29 is 9.53 Å². The average molecular weight is 480 g/mol. The molecule has 2 aliphatic rings. The second kappa shape index (κ2) is 9.56. The van der Waals surface area contributed by atoms with Crippen LogP contribution in [0.1, 0.15) is 18.5 Å². The summed E-state index contributed by atoms with van der Waals surface area (Å²) in [6, 6.07) is 28.6. The molecule has 2 saturated heterocycles. The molecule has 0 bridgehead atoms. The van der Waals surface area contributed by atoms with Crippen molar-refractivity contribution in [3.05, 3.63) is 102 Å². The first-order valence-corrected chi connectivity index (χ1v) is 12.7. The van der Waals surface area contributed by atoms with E-state index in [0.29, 0.717) is 16.6 Å². The summed E-state index contributed by atoms with van der Waals surface area (Å²) >= 11 is 1.43. The number of hydrogen-bond acceptors (Lipinski definition) is 4. The summed E-state index contributed by atoms with van der Waals surface area (Å²) in [5.74, 6) is -0.0218. The van der Waals surface area contributed by atoms with Crippen LogP contribution in [0.4, 0.5) is 5.69 Å². The second-order valence-electron chi connectivity index (χ2n) is 8.73. The number of carbonyl (C=O) groups is 1. The van der Waals surface area contributed by atoms with Crippen molar-refractivity contribution >= 4 is 45.4 Å². The summed E-state index contributed by atoms with van der Waals surface area (Å²) in [7, 11) is 0. The first kappa shape index (κ1) is 21.9. The molecule has 2 aliphatic heterocycles. The molecule has 1 atom stereocenters. The van der Waals surface area contributed by atoms with Gasteiger partial charge in [-0.15, -0.1) is 0 Å². The number of amides is 1. The van der Waals surface area contributed by atoms with E-state index in [1.165, 1.54) is 22.5 Å². The van der Waals surface area contributed by atoms with Crippen molar-refractivity contribution in [2.45, 2.75) is 18.9 Å². The molecule has 35 heavy (non-hydrogen) atoms. The Hall–Kier alpha value is -3.61. The van der Waals surface area contributed by atoms with Gasteiger partial charge in [0, 0.05) is 24.2 Å². The highest BCUT2D eigenvalue weighted by Crippen LogP contribution is 2.35. The zero-order chi connectivity index (χ0) is 23.6. The maximum absolute atomic E-state index is 13.5. The van der Waals surface area contributed by atoms with Crippen molar-refractivity contribution in [1.82, 2.24) is 9.47 Å². The monoisotopic (exact) mass is 479 g/mol. The quantitative estimate of drug-likeness (QED) is 0.311. The molecule has 0 N–H and O–H groups in total. The van der Waals surface area contributed by atoms with Crippen molar-refractivity contribution in [3.63, 3.8) is 0 Å². The highest BCUT2D eigenvalue weighted by molar-refractivity contribution is 8.18. The fourth-order valence-electron chi connectivity index (χ4n) is 4.57. The Labute approximate surface area is 208 Å². The third-order valence-electron chi connectivity index (χ3n) is 6.35. The molecule has 0 saturated carbocycles. The maximum atomic E-state index is 13.5. The molecule has 1 unspecified atom stereocenters. The molecule has 6 heteroatoms. The Balaban J connectivity index is 1.35. The van der Waals surface area contributed by atoms with E-state index in [-0.39, 0.29) is 12.0 Å². The van der Waals surface area contributed by atoms with Crippen LogP contribution in [-0.2, 0) is 9.53 Å². The number of carbonyl (C=O) groups excluding carboxylic acids is 1. The standard InChI is InChI=1S/C29H25N3O2S/c33-28-27(19-24-12-6-16-31(24)25-15-14-21-8-4-5-9-22(21)18-25)35-29(30-23-10-2-1-3-11-23)32(28)20-26-13-7-17-34-26/h1-6,8-12,14-16,18-19,26H,7,13,17,20H2/b27-19-,30-29?. The zero-order valence-corrected chi connectivity index (χ0v) is 20.0. The van der Waals surface area contributed by atoms with E-state index in [1.54, 1.807) is 4.90 Å². The van der Waals surface area contributed by atoms with Gasteiger partial charge in [-0.2, -0.15) is 0 Å². The molecule has 3 aromatic carbocycles. The minimum Gasteiger partial charge on any atom is -0.376 e. The van der Waals surface area contributed by atoms with E-state index in [1.807, 2.05) is 60.8 Å². The number of aromatic nitrogens is 1. The van der Waals surface area contributed by atoms with Crippen LogP contribution < -0.4 is 0 Å². The summed E-state index contributed by atoms with van der Waals surface area (Å²) in [6.07, 6.45) is 6.06. The van der Waals surface area contributed by atoms with E-state index in [4.69, 9.17) is 9.73 Å². The van der Waals surface area contributed by atoms with Gasteiger partial charge in [-0.1, -0.05) is 48.5 Å². The third-order valence-corrected chi connectivity index (χ3v) is 7.36. The summed E-state index contributed by atoms with van der Waals surface area (Å²) in [5.41, 5.74) is 2.85. The molecular weight excluding hydrogens is 454 g/mol. The molecule has 6 rings (SSSR count). The number of ether oxygens (including phenoxy) is 1. The SMILES string of the molecule is O=C1/C(=C/c2cccn2-c2ccc3ccccc3c2)SC(=Nc2ccccc2)N1CC1CCCO1. The highest BCUT2D eigenvalue weighted by atomic mass is 32.2. The van der Waals surface area contributed by atoms with Gasteiger partial charge >= 0.3 is 0 Å². The molecule has 5 nitrogen and oxygen atoms in total. The average Bonchev–Trinajstić information content (AvgIpc) is 3.64. The largest absolute Gasteiger partial charge is 0.376 e. The fraction of sp³-hybridized carbons (Fsp3) is 0.172. The summed E-state index contributed by atoms with van der Waals surface area (Å²) in [5, 5.41) is 3.09. The lowest BCUT2D eigenvalue weighted by Crippen LogP contribution is -2.36. The van der Waals surface area contributed by atoms with Crippen LogP contribution in [0.3, 0.4) is 0 Å². The van der Waals surface area contributed by atoms with E-state index < -0.39 is 0 Å².